The standard InChI is InChI=1S/C18H20N4O3S/c1-24-13-7-8-16(25-2)12(11-13)9-10-19-17(23)22-26-18-20-14-5-3-4-6-15(14)21-18/h3-8,11H,9-10H2,1-2H3,(H,20,21)(H2,19,22,23). The molecule has 0 aliphatic rings. The molecule has 2 amide bonds. The Kier molecular flexibility index (Phi) is 5.85. The lowest BCUT2D eigenvalue weighted by molar-refractivity contribution is 0.246. The number of para-hydroxylation sites is 2. The van der Waals surface area contributed by atoms with E-state index in [1.807, 2.05) is 42.5 Å². The van der Waals surface area contributed by atoms with Gasteiger partial charge in [-0.1, -0.05) is 12.1 Å². The van der Waals surface area contributed by atoms with Crippen LogP contribution in [-0.4, -0.2) is 36.8 Å². The van der Waals surface area contributed by atoms with Crippen LogP contribution in [0.4, 0.5) is 4.79 Å². The van der Waals surface area contributed by atoms with Crippen molar-refractivity contribution in [2.75, 3.05) is 20.8 Å². The van der Waals surface area contributed by atoms with Gasteiger partial charge >= 0.3 is 6.03 Å². The van der Waals surface area contributed by atoms with Gasteiger partial charge in [-0.05, 0) is 42.3 Å². The number of rotatable bonds is 7. The number of nitrogens with one attached hydrogen (secondary N) is 3. The topological polar surface area (TPSA) is 88.3 Å². The average molecular weight is 372 g/mol. The van der Waals surface area contributed by atoms with Gasteiger partial charge in [0, 0.05) is 18.5 Å². The molecular formula is C18H20N4O3S. The van der Waals surface area contributed by atoms with Crippen molar-refractivity contribution in [2.24, 2.45) is 0 Å². The van der Waals surface area contributed by atoms with Crippen molar-refractivity contribution >= 4 is 29.0 Å². The molecule has 26 heavy (non-hydrogen) atoms. The fraction of sp³-hybridized carbons (Fsp3) is 0.222. The summed E-state index contributed by atoms with van der Waals surface area (Å²) in [7, 11) is 3.24. The molecule has 3 rings (SSSR count). The molecule has 3 aromatic rings. The van der Waals surface area contributed by atoms with Crippen molar-refractivity contribution in [2.45, 2.75) is 11.6 Å². The van der Waals surface area contributed by atoms with E-state index in [1.165, 1.54) is 0 Å². The van der Waals surface area contributed by atoms with Crippen molar-refractivity contribution in [1.29, 1.82) is 0 Å². The Morgan fingerprint density at radius 3 is 2.81 bits per heavy atom. The van der Waals surface area contributed by atoms with Gasteiger partial charge in [0.2, 0.25) is 0 Å². The van der Waals surface area contributed by atoms with Gasteiger partial charge in [0.15, 0.2) is 5.16 Å². The Morgan fingerprint density at radius 2 is 2.04 bits per heavy atom. The number of hydrogen-bond donors (Lipinski definition) is 3. The molecular weight excluding hydrogens is 352 g/mol. The highest BCUT2D eigenvalue weighted by atomic mass is 32.2. The molecule has 0 atom stereocenters. The van der Waals surface area contributed by atoms with Crippen molar-refractivity contribution in [3.63, 3.8) is 0 Å². The fourth-order valence-electron chi connectivity index (χ4n) is 2.50. The molecule has 136 valence electrons. The van der Waals surface area contributed by atoms with Crippen LogP contribution >= 0.6 is 11.9 Å². The molecule has 0 spiro atoms. The molecule has 7 nitrogen and oxygen atoms in total. The summed E-state index contributed by atoms with van der Waals surface area (Å²) in [5.41, 5.74) is 2.77. The summed E-state index contributed by atoms with van der Waals surface area (Å²) in [4.78, 5) is 19.5. The minimum atomic E-state index is -0.280. The molecule has 0 bridgehead atoms. The van der Waals surface area contributed by atoms with Crippen molar-refractivity contribution in [3.05, 3.63) is 48.0 Å². The molecule has 1 heterocycles. The summed E-state index contributed by atoms with van der Waals surface area (Å²) in [6.07, 6.45) is 0.628. The first-order valence-electron chi connectivity index (χ1n) is 8.06. The first kappa shape index (κ1) is 17.9. The summed E-state index contributed by atoms with van der Waals surface area (Å²) in [5.74, 6) is 1.52. The highest BCUT2D eigenvalue weighted by Crippen LogP contribution is 2.24. The number of carbonyl (C=O) groups excluding carboxylic acids is 1. The quantitative estimate of drug-likeness (QED) is 0.555. The van der Waals surface area contributed by atoms with Crippen molar-refractivity contribution in [1.82, 2.24) is 20.0 Å². The second-order valence-corrected chi connectivity index (χ2v) is 6.24. The maximum atomic E-state index is 12.0. The number of benzene rings is 2. The summed E-state index contributed by atoms with van der Waals surface area (Å²) < 4.78 is 13.3. The monoisotopic (exact) mass is 372 g/mol. The number of methoxy groups -OCH3 is 2. The molecule has 8 heteroatoms. The molecule has 0 fully saturated rings. The predicted octanol–water partition coefficient (Wildman–Crippen LogP) is 3.13. The molecule has 0 aliphatic carbocycles. The Balaban J connectivity index is 1.48. The lowest BCUT2D eigenvalue weighted by atomic mass is 10.1. The zero-order valence-electron chi connectivity index (χ0n) is 14.5. The van der Waals surface area contributed by atoms with Gasteiger partial charge in [0.25, 0.3) is 0 Å². The third kappa shape index (κ3) is 4.40. The SMILES string of the molecule is COc1ccc(OC)c(CCNC(=O)NSc2nc3ccccc3[nH]2)c1. The molecule has 2 aromatic carbocycles. The summed E-state index contributed by atoms with van der Waals surface area (Å²) in [6, 6.07) is 13.0. The van der Waals surface area contributed by atoms with Crippen LogP contribution in [0.2, 0.25) is 0 Å². The number of hydrogen-bond acceptors (Lipinski definition) is 5. The third-order valence-electron chi connectivity index (χ3n) is 3.78. The minimum absolute atomic E-state index is 0.280. The number of H-pyrrole nitrogens is 1. The first-order valence-corrected chi connectivity index (χ1v) is 8.87. The Bertz CT molecular complexity index is 864. The van der Waals surface area contributed by atoms with Gasteiger partial charge in [0.1, 0.15) is 11.5 Å². The number of carbonyl (C=O) groups is 1. The molecule has 0 aliphatic heterocycles. The number of aromatic amines is 1. The van der Waals surface area contributed by atoms with Crippen LogP contribution in [0, 0.1) is 0 Å². The van der Waals surface area contributed by atoms with Crippen LogP contribution in [0.3, 0.4) is 0 Å². The van der Waals surface area contributed by atoms with E-state index >= 15 is 0 Å². The summed E-state index contributed by atoms with van der Waals surface area (Å²) in [5, 5.41) is 3.45. The maximum absolute atomic E-state index is 12.0. The smallest absolute Gasteiger partial charge is 0.325 e. The molecule has 0 saturated heterocycles. The molecule has 0 saturated carbocycles. The number of fused-ring (bicyclic) bond motifs is 1. The summed E-state index contributed by atoms with van der Waals surface area (Å²) >= 11 is 1.14. The highest BCUT2D eigenvalue weighted by molar-refractivity contribution is 7.97. The highest BCUT2D eigenvalue weighted by Gasteiger charge is 2.08. The first-order chi connectivity index (χ1) is 12.7. The molecule has 1 aromatic heterocycles. The Hall–Kier alpha value is -2.87. The summed E-state index contributed by atoms with van der Waals surface area (Å²) in [6.45, 7) is 0.468. The maximum Gasteiger partial charge on any atom is 0.325 e. The van der Waals surface area contributed by atoms with E-state index in [1.54, 1.807) is 14.2 Å². The normalized spacial score (nSPS) is 10.5. The van der Waals surface area contributed by atoms with E-state index in [4.69, 9.17) is 9.47 Å². The van der Waals surface area contributed by atoms with Gasteiger partial charge in [-0.25, -0.2) is 9.78 Å². The molecule has 0 radical (unpaired) electrons. The number of nitrogens with zero attached hydrogens (tertiary/aromatic N) is 1. The van der Waals surface area contributed by atoms with E-state index in [0.717, 1.165) is 40.0 Å². The van der Waals surface area contributed by atoms with Crippen LogP contribution in [0.25, 0.3) is 11.0 Å². The number of ether oxygens (including phenoxy) is 2. The zero-order valence-corrected chi connectivity index (χ0v) is 15.4. The largest absolute Gasteiger partial charge is 0.497 e. The second-order valence-electron chi connectivity index (χ2n) is 5.45. The lowest BCUT2D eigenvalue weighted by Gasteiger charge is -2.11. The number of imidazole rings is 1. The van der Waals surface area contributed by atoms with Gasteiger partial charge < -0.3 is 19.8 Å². The number of amides is 2. The van der Waals surface area contributed by atoms with E-state index in [-0.39, 0.29) is 6.03 Å². The zero-order chi connectivity index (χ0) is 18.4. The van der Waals surface area contributed by atoms with Gasteiger partial charge in [-0.15, -0.1) is 0 Å². The van der Waals surface area contributed by atoms with Crippen molar-refractivity contribution in [3.8, 4) is 11.5 Å². The third-order valence-corrected chi connectivity index (χ3v) is 4.45. The van der Waals surface area contributed by atoms with E-state index < -0.39 is 0 Å². The number of urea groups is 1. The Labute approximate surface area is 155 Å². The van der Waals surface area contributed by atoms with Crippen LogP contribution in [0.15, 0.2) is 47.6 Å². The van der Waals surface area contributed by atoms with Crippen molar-refractivity contribution < 1.29 is 14.3 Å². The second kappa shape index (κ2) is 8.48. The van der Waals surface area contributed by atoms with Crippen LogP contribution in [-0.2, 0) is 6.42 Å². The molecule has 3 N–H and O–H groups in total. The minimum Gasteiger partial charge on any atom is -0.497 e. The van der Waals surface area contributed by atoms with Gasteiger partial charge in [-0.3, -0.25) is 4.72 Å². The Morgan fingerprint density at radius 1 is 1.19 bits per heavy atom. The van der Waals surface area contributed by atoms with E-state index in [9.17, 15) is 4.79 Å². The number of aromatic nitrogens is 2. The van der Waals surface area contributed by atoms with E-state index in [2.05, 4.69) is 20.0 Å². The fourth-order valence-corrected chi connectivity index (χ4v) is 3.06. The average Bonchev–Trinajstić information content (AvgIpc) is 3.09. The van der Waals surface area contributed by atoms with E-state index in [0.29, 0.717) is 18.1 Å². The lowest BCUT2D eigenvalue weighted by Crippen LogP contribution is -2.32. The predicted molar refractivity (Wildman–Crippen MR) is 102 cm³/mol. The van der Waals surface area contributed by atoms with Crippen LogP contribution in [0.1, 0.15) is 5.56 Å². The van der Waals surface area contributed by atoms with Gasteiger partial charge in [-0.2, -0.15) is 0 Å². The van der Waals surface area contributed by atoms with Crippen LogP contribution < -0.4 is 19.5 Å². The molecule has 0 unspecified atom stereocenters. The van der Waals surface area contributed by atoms with Crippen LogP contribution in [0.5, 0.6) is 11.5 Å². The van der Waals surface area contributed by atoms with Gasteiger partial charge in [0.05, 0.1) is 25.3 Å².